The highest BCUT2D eigenvalue weighted by molar-refractivity contribution is 9.10. The molecule has 0 atom stereocenters. The minimum Gasteiger partial charge on any atom is -0.324 e. The summed E-state index contributed by atoms with van der Waals surface area (Å²) in [5, 5.41) is 2.87. The van der Waals surface area contributed by atoms with Crippen LogP contribution in [-0.4, -0.2) is 10.9 Å². The van der Waals surface area contributed by atoms with Crippen molar-refractivity contribution in [3.05, 3.63) is 56.7 Å². The Hall–Kier alpha value is -1.20. The molecule has 0 unspecified atom stereocenters. The SMILES string of the molecule is Cc1nc(Br)ccc1NC(=O)Cc1cccc(Br)c1. The van der Waals surface area contributed by atoms with Gasteiger partial charge in [-0.1, -0.05) is 28.1 Å². The third-order valence-corrected chi connectivity index (χ3v) is 3.51. The van der Waals surface area contributed by atoms with E-state index in [1.165, 1.54) is 0 Å². The number of aromatic nitrogens is 1. The van der Waals surface area contributed by atoms with Crippen molar-refractivity contribution in [1.82, 2.24) is 4.98 Å². The highest BCUT2D eigenvalue weighted by atomic mass is 79.9. The Bertz CT molecular complexity index is 614. The summed E-state index contributed by atoms with van der Waals surface area (Å²) in [5.41, 5.74) is 2.50. The first kappa shape index (κ1) is 14.2. The third kappa shape index (κ3) is 4.14. The van der Waals surface area contributed by atoms with Gasteiger partial charge in [0.05, 0.1) is 17.8 Å². The number of aryl methyl sites for hydroxylation is 1. The Morgan fingerprint density at radius 1 is 1.26 bits per heavy atom. The van der Waals surface area contributed by atoms with Gasteiger partial charge < -0.3 is 5.32 Å². The molecule has 5 heteroatoms. The first-order chi connectivity index (χ1) is 9.04. The molecule has 1 aromatic carbocycles. The quantitative estimate of drug-likeness (QED) is 0.810. The van der Waals surface area contributed by atoms with E-state index in [1.54, 1.807) is 0 Å². The van der Waals surface area contributed by atoms with Crippen LogP contribution < -0.4 is 5.32 Å². The van der Waals surface area contributed by atoms with E-state index in [-0.39, 0.29) is 5.91 Å². The molecular weight excluding hydrogens is 372 g/mol. The molecule has 0 fully saturated rings. The van der Waals surface area contributed by atoms with Crippen LogP contribution in [0.4, 0.5) is 5.69 Å². The number of hydrogen-bond donors (Lipinski definition) is 1. The number of carbonyl (C=O) groups excluding carboxylic acids is 1. The number of carbonyl (C=O) groups is 1. The number of hydrogen-bond acceptors (Lipinski definition) is 2. The number of nitrogens with zero attached hydrogens (tertiary/aromatic N) is 1. The summed E-state index contributed by atoms with van der Waals surface area (Å²) < 4.78 is 1.73. The Labute approximate surface area is 128 Å². The maximum absolute atomic E-state index is 12.0. The standard InChI is InChI=1S/C14H12Br2N2O/c1-9-12(5-6-13(16)17-9)18-14(19)8-10-3-2-4-11(15)7-10/h2-7H,8H2,1H3,(H,18,19). The number of rotatable bonds is 3. The van der Waals surface area contributed by atoms with E-state index in [9.17, 15) is 4.79 Å². The fourth-order valence-electron chi connectivity index (χ4n) is 1.69. The molecule has 0 bridgehead atoms. The van der Waals surface area contributed by atoms with Gasteiger partial charge in [0.2, 0.25) is 5.91 Å². The fraction of sp³-hybridized carbons (Fsp3) is 0.143. The Kier molecular flexibility index (Phi) is 4.71. The lowest BCUT2D eigenvalue weighted by Crippen LogP contribution is -2.15. The van der Waals surface area contributed by atoms with E-state index in [2.05, 4.69) is 42.2 Å². The fourth-order valence-corrected chi connectivity index (χ4v) is 2.53. The minimum absolute atomic E-state index is 0.0506. The van der Waals surface area contributed by atoms with E-state index in [0.717, 1.165) is 26.0 Å². The van der Waals surface area contributed by atoms with Gasteiger partial charge in [-0.05, 0) is 52.7 Å². The number of benzene rings is 1. The highest BCUT2D eigenvalue weighted by Crippen LogP contribution is 2.17. The molecule has 0 aliphatic rings. The van der Waals surface area contributed by atoms with Gasteiger partial charge in [0.15, 0.2) is 0 Å². The maximum Gasteiger partial charge on any atom is 0.228 e. The molecule has 0 aliphatic carbocycles. The van der Waals surface area contributed by atoms with E-state index < -0.39 is 0 Å². The smallest absolute Gasteiger partial charge is 0.228 e. The second-order valence-corrected chi connectivity index (χ2v) is 5.85. The molecule has 1 aromatic heterocycles. The second kappa shape index (κ2) is 6.30. The third-order valence-electron chi connectivity index (χ3n) is 2.58. The summed E-state index contributed by atoms with van der Waals surface area (Å²) in [4.78, 5) is 16.2. The molecule has 0 spiro atoms. The Morgan fingerprint density at radius 3 is 2.74 bits per heavy atom. The van der Waals surface area contributed by atoms with Crippen LogP contribution in [-0.2, 0) is 11.2 Å². The average molecular weight is 384 g/mol. The predicted octanol–water partition coefficient (Wildman–Crippen LogP) is 4.10. The van der Waals surface area contributed by atoms with Crippen molar-refractivity contribution >= 4 is 43.5 Å². The van der Waals surface area contributed by atoms with Crippen molar-refractivity contribution in [3.63, 3.8) is 0 Å². The molecule has 0 saturated carbocycles. The second-order valence-electron chi connectivity index (χ2n) is 4.12. The summed E-state index contributed by atoms with van der Waals surface area (Å²) in [6, 6.07) is 11.4. The van der Waals surface area contributed by atoms with Crippen LogP contribution in [0.1, 0.15) is 11.3 Å². The van der Waals surface area contributed by atoms with Crippen LogP contribution in [0, 0.1) is 6.92 Å². The van der Waals surface area contributed by atoms with Gasteiger partial charge in [-0.3, -0.25) is 4.79 Å². The topological polar surface area (TPSA) is 42.0 Å². The number of amides is 1. The van der Waals surface area contributed by atoms with Crippen LogP contribution in [0.3, 0.4) is 0 Å². The van der Waals surface area contributed by atoms with Crippen LogP contribution in [0.15, 0.2) is 45.5 Å². The van der Waals surface area contributed by atoms with Crippen molar-refractivity contribution in [1.29, 1.82) is 0 Å². The number of anilines is 1. The van der Waals surface area contributed by atoms with E-state index in [4.69, 9.17) is 0 Å². The van der Waals surface area contributed by atoms with E-state index in [1.807, 2.05) is 43.3 Å². The van der Waals surface area contributed by atoms with Gasteiger partial charge in [-0.15, -0.1) is 0 Å². The van der Waals surface area contributed by atoms with Crippen molar-refractivity contribution < 1.29 is 4.79 Å². The summed E-state index contributed by atoms with van der Waals surface area (Å²) in [6.07, 6.45) is 0.342. The summed E-state index contributed by atoms with van der Waals surface area (Å²) in [5.74, 6) is -0.0506. The first-order valence-electron chi connectivity index (χ1n) is 5.72. The molecule has 2 rings (SSSR count). The summed E-state index contributed by atoms with van der Waals surface area (Å²) in [7, 11) is 0. The summed E-state index contributed by atoms with van der Waals surface area (Å²) >= 11 is 6.69. The summed E-state index contributed by atoms with van der Waals surface area (Å²) in [6.45, 7) is 1.86. The molecule has 2 aromatic rings. The van der Waals surface area contributed by atoms with Gasteiger partial charge in [-0.25, -0.2) is 4.98 Å². The highest BCUT2D eigenvalue weighted by Gasteiger charge is 2.07. The van der Waals surface area contributed by atoms with Crippen LogP contribution >= 0.6 is 31.9 Å². The molecule has 0 saturated heterocycles. The van der Waals surface area contributed by atoms with Crippen molar-refractivity contribution in [2.24, 2.45) is 0 Å². The largest absolute Gasteiger partial charge is 0.324 e. The molecule has 19 heavy (non-hydrogen) atoms. The van der Waals surface area contributed by atoms with Gasteiger partial charge in [0.25, 0.3) is 0 Å². The number of nitrogens with one attached hydrogen (secondary N) is 1. The lowest BCUT2D eigenvalue weighted by atomic mass is 10.1. The maximum atomic E-state index is 12.0. The van der Waals surface area contributed by atoms with Crippen molar-refractivity contribution in [2.45, 2.75) is 13.3 Å². The molecule has 0 aliphatic heterocycles. The monoisotopic (exact) mass is 382 g/mol. The Morgan fingerprint density at radius 2 is 2.05 bits per heavy atom. The van der Waals surface area contributed by atoms with Gasteiger partial charge in [0, 0.05) is 4.47 Å². The molecular formula is C14H12Br2N2O. The molecule has 3 nitrogen and oxygen atoms in total. The molecule has 98 valence electrons. The van der Waals surface area contributed by atoms with Crippen LogP contribution in [0.5, 0.6) is 0 Å². The van der Waals surface area contributed by atoms with Gasteiger partial charge in [0.1, 0.15) is 4.60 Å². The molecule has 1 heterocycles. The predicted molar refractivity (Wildman–Crippen MR) is 83.1 cm³/mol. The van der Waals surface area contributed by atoms with Gasteiger partial charge >= 0.3 is 0 Å². The Balaban J connectivity index is 2.05. The molecule has 1 amide bonds. The number of pyridine rings is 1. The lowest BCUT2D eigenvalue weighted by Gasteiger charge is -2.08. The zero-order valence-corrected chi connectivity index (χ0v) is 13.5. The number of halogens is 2. The minimum atomic E-state index is -0.0506. The average Bonchev–Trinajstić information content (AvgIpc) is 2.33. The van der Waals surface area contributed by atoms with Crippen molar-refractivity contribution in [2.75, 3.05) is 5.32 Å². The van der Waals surface area contributed by atoms with Crippen LogP contribution in [0.2, 0.25) is 0 Å². The zero-order valence-electron chi connectivity index (χ0n) is 10.3. The van der Waals surface area contributed by atoms with Gasteiger partial charge in [-0.2, -0.15) is 0 Å². The molecule has 1 N–H and O–H groups in total. The lowest BCUT2D eigenvalue weighted by molar-refractivity contribution is -0.115. The van der Waals surface area contributed by atoms with E-state index >= 15 is 0 Å². The van der Waals surface area contributed by atoms with Crippen LogP contribution in [0.25, 0.3) is 0 Å². The molecule has 0 radical (unpaired) electrons. The first-order valence-corrected chi connectivity index (χ1v) is 7.30. The zero-order chi connectivity index (χ0) is 13.8. The van der Waals surface area contributed by atoms with Crippen molar-refractivity contribution in [3.8, 4) is 0 Å². The van der Waals surface area contributed by atoms with E-state index in [0.29, 0.717) is 6.42 Å². The normalized spacial score (nSPS) is 10.3.